The van der Waals surface area contributed by atoms with Crippen LogP contribution in [-0.2, 0) is 12.2 Å². The molecule has 0 amide bonds. The van der Waals surface area contributed by atoms with Gasteiger partial charge in [-0.05, 0) is 12.1 Å². The normalized spacial score (nSPS) is 12.8. The van der Waals surface area contributed by atoms with Crippen molar-refractivity contribution in [2.75, 3.05) is 0 Å². The molecule has 1 unspecified atom stereocenters. The van der Waals surface area contributed by atoms with Crippen LogP contribution in [0.1, 0.15) is 11.7 Å². The Kier molecular flexibility index (Phi) is 5.02. The molecule has 1 N–H and O–H groups in total. The highest BCUT2D eigenvalue weighted by Crippen LogP contribution is 2.24. The molecular weight excluding hydrogens is 293 g/mol. The molecule has 1 atom stereocenters. The Bertz CT molecular complexity index is 565. The molecule has 2 aromatic rings. The van der Waals surface area contributed by atoms with Gasteiger partial charge in [-0.2, -0.15) is 4.98 Å². The van der Waals surface area contributed by atoms with E-state index in [9.17, 15) is 13.2 Å². The minimum absolute atomic E-state index is 0.0677. The molecule has 0 saturated carbocycles. The molecule has 1 heterocycles. The molecule has 8 heteroatoms. The maximum absolute atomic E-state index is 13.4. The van der Waals surface area contributed by atoms with Crippen molar-refractivity contribution < 1.29 is 22.8 Å². The van der Waals surface area contributed by atoms with Gasteiger partial charge in [0.1, 0.15) is 11.9 Å². The van der Waals surface area contributed by atoms with Crippen molar-refractivity contribution >= 4 is 11.8 Å². The van der Waals surface area contributed by atoms with Crippen molar-refractivity contribution in [1.29, 1.82) is 0 Å². The molecule has 4 nitrogen and oxygen atoms in total. The quantitative estimate of drug-likeness (QED) is 0.831. The molecular formula is C12H11F3N2O2S. The van der Waals surface area contributed by atoms with E-state index in [0.29, 0.717) is 4.90 Å². The first kappa shape index (κ1) is 14.9. The van der Waals surface area contributed by atoms with Gasteiger partial charge in [0.25, 0.3) is 6.43 Å². The maximum atomic E-state index is 13.4. The van der Waals surface area contributed by atoms with Crippen molar-refractivity contribution in [1.82, 2.24) is 10.1 Å². The Balaban J connectivity index is 1.92. The fourth-order valence-corrected chi connectivity index (χ4v) is 2.19. The van der Waals surface area contributed by atoms with Crippen LogP contribution in [0.5, 0.6) is 0 Å². The largest absolute Gasteiger partial charge is 0.387 e. The predicted molar refractivity (Wildman–Crippen MR) is 66.0 cm³/mol. The highest BCUT2D eigenvalue weighted by atomic mass is 32.2. The number of hydrogen-bond donors (Lipinski definition) is 1. The molecule has 0 radical (unpaired) electrons. The van der Waals surface area contributed by atoms with Crippen LogP contribution >= 0.6 is 11.8 Å². The van der Waals surface area contributed by atoms with Crippen molar-refractivity contribution in [3.8, 4) is 0 Å². The van der Waals surface area contributed by atoms with Crippen LogP contribution in [0.2, 0.25) is 0 Å². The van der Waals surface area contributed by atoms with E-state index in [4.69, 9.17) is 9.63 Å². The number of halogens is 3. The first-order chi connectivity index (χ1) is 9.56. The molecule has 0 bridgehead atoms. The molecule has 0 aliphatic carbocycles. The second-order valence-corrected chi connectivity index (χ2v) is 4.95. The van der Waals surface area contributed by atoms with Crippen molar-refractivity contribution in [3.63, 3.8) is 0 Å². The Morgan fingerprint density at radius 3 is 2.75 bits per heavy atom. The Morgan fingerprint density at radius 1 is 1.30 bits per heavy atom. The summed E-state index contributed by atoms with van der Waals surface area (Å²) in [6, 6.07) is 6.23. The second-order valence-electron chi connectivity index (χ2n) is 3.93. The predicted octanol–water partition coefficient (Wildman–Crippen LogP) is 2.67. The van der Waals surface area contributed by atoms with Crippen LogP contribution in [0.25, 0.3) is 0 Å². The summed E-state index contributed by atoms with van der Waals surface area (Å²) in [6.45, 7) is 0. The summed E-state index contributed by atoms with van der Waals surface area (Å²) < 4.78 is 42.4. The Labute approximate surface area is 117 Å². The van der Waals surface area contributed by atoms with E-state index < -0.39 is 19.0 Å². The number of nitrogens with zero attached hydrogens (tertiary/aromatic N) is 2. The number of rotatable bonds is 6. The molecule has 108 valence electrons. The number of aliphatic hydroxyl groups is 1. The van der Waals surface area contributed by atoms with Crippen LogP contribution < -0.4 is 0 Å². The maximum Gasteiger partial charge on any atom is 0.264 e. The minimum Gasteiger partial charge on any atom is -0.387 e. The van der Waals surface area contributed by atoms with E-state index in [1.165, 1.54) is 17.8 Å². The van der Waals surface area contributed by atoms with Gasteiger partial charge in [-0.25, -0.2) is 13.2 Å². The van der Waals surface area contributed by atoms with Crippen LogP contribution in [-0.4, -0.2) is 27.8 Å². The summed E-state index contributed by atoms with van der Waals surface area (Å²) in [6.07, 6.45) is -5.10. The fraction of sp³-hybridized carbons (Fsp3) is 0.333. The number of aromatic nitrogens is 2. The second kappa shape index (κ2) is 6.76. The van der Waals surface area contributed by atoms with Crippen LogP contribution in [0, 0.1) is 5.82 Å². The van der Waals surface area contributed by atoms with Gasteiger partial charge in [-0.15, -0.1) is 11.8 Å². The summed E-state index contributed by atoms with van der Waals surface area (Å²) in [7, 11) is 0. The topological polar surface area (TPSA) is 59.2 Å². The van der Waals surface area contributed by atoms with Crippen molar-refractivity contribution in [3.05, 3.63) is 41.8 Å². The third-order valence-electron chi connectivity index (χ3n) is 2.38. The number of alkyl halides is 2. The van der Waals surface area contributed by atoms with Crippen LogP contribution in [0.15, 0.2) is 33.7 Å². The molecule has 1 aromatic carbocycles. The highest BCUT2D eigenvalue weighted by Gasteiger charge is 2.20. The smallest absolute Gasteiger partial charge is 0.264 e. The molecule has 1 aromatic heterocycles. The van der Waals surface area contributed by atoms with Gasteiger partial charge in [0.15, 0.2) is 5.82 Å². The molecule has 0 saturated heterocycles. The zero-order valence-corrected chi connectivity index (χ0v) is 11.0. The minimum atomic E-state index is -2.86. The lowest BCUT2D eigenvalue weighted by Gasteiger charge is -2.04. The Morgan fingerprint density at radius 2 is 2.05 bits per heavy atom. The van der Waals surface area contributed by atoms with Crippen LogP contribution in [0.3, 0.4) is 0 Å². The Hall–Kier alpha value is -1.54. The van der Waals surface area contributed by atoms with Gasteiger partial charge < -0.3 is 9.63 Å². The summed E-state index contributed by atoms with van der Waals surface area (Å²) in [4.78, 5) is 4.30. The molecule has 0 aliphatic rings. The lowest BCUT2D eigenvalue weighted by atomic mass is 10.2. The summed E-state index contributed by atoms with van der Waals surface area (Å²) in [5.74, 6) is 0.0841. The molecule has 0 spiro atoms. The van der Waals surface area contributed by atoms with Gasteiger partial charge in [-0.3, -0.25) is 0 Å². The van der Waals surface area contributed by atoms with E-state index in [1.807, 2.05) is 0 Å². The first-order valence-corrected chi connectivity index (χ1v) is 6.70. The summed E-state index contributed by atoms with van der Waals surface area (Å²) in [5, 5.41) is 12.6. The van der Waals surface area contributed by atoms with E-state index in [1.54, 1.807) is 18.2 Å². The number of benzene rings is 1. The first-order valence-electron chi connectivity index (χ1n) is 5.71. The highest BCUT2D eigenvalue weighted by molar-refractivity contribution is 7.98. The van der Waals surface area contributed by atoms with Crippen LogP contribution in [0.4, 0.5) is 13.2 Å². The van der Waals surface area contributed by atoms with E-state index in [-0.39, 0.29) is 23.3 Å². The summed E-state index contributed by atoms with van der Waals surface area (Å²) in [5.41, 5.74) is 0. The lowest BCUT2D eigenvalue weighted by molar-refractivity contribution is -0.00754. The van der Waals surface area contributed by atoms with Crippen molar-refractivity contribution in [2.24, 2.45) is 0 Å². The van der Waals surface area contributed by atoms with Gasteiger partial charge in [0.2, 0.25) is 5.89 Å². The zero-order valence-electron chi connectivity index (χ0n) is 10.2. The van der Waals surface area contributed by atoms with Gasteiger partial charge in [0, 0.05) is 4.90 Å². The van der Waals surface area contributed by atoms with Gasteiger partial charge in [0.05, 0.1) is 12.2 Å². The van der Waals surface area contributed by atoms with Crippen molar-refractivity contribution in [2.45, 2.75) is 29.6 Å². The molecule has 0 aliphatic heterocycles. The third-order valence-corrected chi connectivity index (χ3v) is 3.42. The van der Waals surface area contributed by atoms with E-state index >= 15 is 0 Å². The number of hydrogen-bond acceptors (Lipinski definition) is 5. The molecule has 20 heavy (non-hydrogen) atoms. The fourth-order valence-electron chi connectivity index (χ4n) is 1.40. The summed E-state index contributed by atoms with van der Waals surface area (Å²) >= 11 is 1.17. The lowest BCUT2D eigenvalue weighted by Crippen LogP contribution is -2.20. The number of thioether (sulfide) groups is 1. The SMILES string of the molecule is OC(Cc1nc(CSc2ccccc2F)no1)C(F)F. The van der Waals surface area contributed by atoms with E-state index in [2.05, 4.69) is 10.1 Å². The molecule has 2 rings (SSSR count). The standard InChI is InChI=1S/C12H11F3N2O2S/c13-7-3-1-2-4-9(7)20-6-10-16-11(19-17-10)5-8(18)12(14)15/h1-4,8,12,18H,5-6H2. The molecule has 0 fully saturated rings. The number of aliphatic hydroxyl groups excluding tert-OH is 1. The zero-order chi connectivity index (χ0) is 14.5. The monoisotopic (exact) mass is 304 g/mol. The third kappa shape index (κ3) is 3.97. The van der Waals surface area contributed by atoms with Gasteiger partial charge in [-0.1, -0.05) is 17.3 Å². The average molecular weight is 304 g/mol. The van der Waals surface area contributed by atoms with Gasteiger partial charge >= 0.3 is 0 Å². The average Bonchev–Trinajstić information content (AvgIpc) is 2.85. The van der Waals surface area contributed by atoms with E-state index in [0.717, 1.165) is 0 Å².